The smallest absolute Gasteiger partial charge is 0.281 e. The number of aryl methyl sites for hydroxylation is 1. The van der Waals surface area contributed by atoms with Crippen molar-refractivity contribution in [2.24, 2.45) is 7.05 Å². The van der Waals surface area contributed by atoms with Gasteiger partial charge in [0.15, 0.2) is 4.60 Å². The Labute approximate surface area is 130 Å². The van der Waals surface area contributed by atoms with Crippen molar-refractivity contribution in [3.8, 4) is 0 Å². The highest BCUT2D eigenvalue weighted by Crippen LogP contribution is 2.24. The fraction of sp³-hybridized carbons (Fsp3) is 0.333. The number of benzene rings is 1. The zero-order valence-corrected chi connectivity index (χ0v) is 13.7. The number of aromatic nitrogens is 3. The lowest BCUT2D eigenvalue weighted by Gasteiger charge is -2.18. The highest BCUT2D eigenvalue weighted by molar-refractivity contribution is 9.10. The Hall–Kier alpha value is -1.45. The molecular weight excluding hydrogens is 358 g/mol. The summed E-state index contributed by atoms with van der Waals surface area (Å²) in [6, 6.07) is 5.60. The van der Waals surface area contributed by atoms with Crippen LogP contribution in [0, 0.1) is 0 Å². The molecule has 9 heteroatoms. The lowest BCUT2D eigenvalue weighted by atomic mass is 10.0. The van der Waals surface area contributed by atoms with Crippen LogP contribution in [0.3, 0.4) is 0 Å². The number of sulfonamides is 1. The molecule has 0 aliphatic carbocycles. The number of rotatable bonds is 3. The largest absolute Gasteiger partial charge is 0.312 e. The number of nitrogens with one attached hydrogen (secondary N) is 2. The van der Waals surface area contributed by atoms with Gasteiger partial charge in [-0.3, -0.25) is 4.72 Å². The second kappa shape index (κ2) is 5.39. The maximum absolute atomic E-state index is 12.4. The minimum Gasteiger partial charge on any atom is -0.312 e. The molecule has 112 valence electrons. The Morgan fingerprint density at radius 3 is 2.90 bits per heavy atom. The summed E-state index contributed by atoms with van der Waals surface area (Å²) >= 11 is 3.10. The van der Waals surface area contributed by atoms with Crippen molar-refractivity contribution >= 4 is 31.6 Å². The molecule has 0 bridgehead atoms. The maximum Gasteiger partial charge on any atom is 0.281 e. The third kappa shape index (κ3) is 2.81. The van der Waals surface area contributed by atoms with Crippen LogP contribution in [0.2, 0.25) is 0 Å². The molecule has 1 aliphatic rings. The highest BCUT2D eigenvalue weighted by atomic mass is 79.9. The third-order valence-corrected chi connectivity index (χ3v) is 5.60. The van der Waals surface area contributed by atoms with Gasteiger partial charge in [-0.15, -0.1) is 5.10 Å². The molecule has 3 rings (SSSR count). The van der Waals surface area contributed by atoms with E-state index in [4.69, 9.17) is 0 Å². The van der Waals surface area contributed by atoms with Crippen molar-refractivity contribution in [3.05, 3.63) is 33.9 Å². The number of nitrogens with zero attached hydrogens (tertiary/aromatic N) is 3. The van der Waals surface area contributed by atoms with Gasteiger partial charge in [0, 0.05) is 19.3 Å². The second-order valence-corrected chi connectivity index (χ2v) is 7.17. The normalized spacial score (nSPS) is 14.8. The molecule has 0 atom stereocenters. The van der Waals surface area contributed by atoms with E-state index in [0.717, 1.165) is 25.1 Å². The standard InChI is InChI=1S/C12H14BrN5O2S/c1-18-12(11(13)15-17-18)21(19,20)16-10-3-2-8-4-5-14-7-9(8)6-10/h2-3,6,14,16H,4-5,7H2,1H3. The molecular formula is C12H14BrN5O2S. The van der Waals surface area contributed by atoms with Crippen LogP contribution >= 0.6 is 15.9 Å². The summed E-state index contributed by atoms with van der Waals surface area (Å²) in [6.45, 7) is 1.70. The van der Waals surface area contributed by atoms with E-state index in [1.807, 2.05) is 12.1 Å². The van der Waals surface area contributed by atoms with E-state index in [9.17, 15) is 8.42 Å². The molecule has 0 fully saturated rings. The van der Waals surface area contributed by atoms with Gasteiger partial charge in [0.25, 0.3) is 10.0 Å². The van der Waals surface area contributed by atoms with E-state index < -0.39 is 10.0 Å². The predicted molar refractivity (Wildman–Crippen MR) is 81.4 cm³/mol. The van der Waals surface area contributed by atoms with Crippen LogP contribution in [-0.4, -0.2) is 30.0 Å². The molecule has 0 saturated heterocycles. The van der Waals surface area contributed by atoms with Crippen LogP contribution in [0.15, 0.2) is 27.8 Å². The number of hydrogen-bond acceptors (Lipinski definition) is 5. The molecule has 0 unspecified atom stereocenters. The van der Waals surface area contributed by atoms with E-state index in [1.165, 1.54) is 17.3 Å². The van der Waals surface area contributed by atoms with Crippen LogP contribution in [0.4, 0.5) is 5.69 Å². The first kappa shape index (κ1) is 14.5. The fourth-order valence-corrected chi connectivity index (χ4v) is 4.50. The van der Waals surface area contributed by atoms with E-state index in [2.05, 4.69) is 36.3 Å². The SMILES string of the molecule is Cn1nnc(Br)c1S(=O)(=O)Nc1ccc2c(c1)CNCC2. The van der Waals surface area contributed by atoms with Crippen LogP contribution < -0.4 is 10.0 Å². The van der Waals surface area contributed by atoms with Gasteiger partial charge < -0.3 is 5.32 Å². The molecule has 1 aliphatic heterocycles. The quantitative estimate of drug-likeness (QED) is 0.840. The summed E-state index contributed by atoms with van der Waals surface area (Å²) in [4.78, 5) is 0. The van der Waals surface area contributed by atoms with Crippen molar-refractivity contribution in [2.75, 3.05) is 11.3 Å². The summed E-state index contributed by atoms with van der Waals surface area (Å²) in [5, 5.41) is 10.6. The molecule has 0 saturated carbocycles. The van der Waals surface area contributed by atoms with Gasteiger partial charge in [0.1, 0.15) is 0 Å². The minimum atomic E-state index is -3.74. The van der Waals surface area contributed by atoms with Crippen molar-refractivity contribution in [2.45, 2.75) is 18.0 Å². The van der Waals surface area contributed by atoms with Gasteiger partial charge in [-0.2, -0.15) is 8.42 Å². The van der Waals surface area contributed by atoms with Gasteiger partial charge in [0.2, 0.25) is 5.03 Å². The first-order chi connectivity index (χ1) is 9.97. The van der Waals surface area contributed by atoms with Crippen molar-refractivity contribution in [3.63, 3.8) is 0 Å². The maximum atomic E-state index is 12.4. The van der Waals surface area contributed by atoms with E-state index in [-0.39, 0.29) is 9.63 Å². The topological polar surface area (TPSA) is 88.9 Å². The van der Waals surface area contributed by atoms with Gasteiger partial charge in [-0.25, -0.2) is 4.68 Å². The van der Waals surface area contributed by atoms with Crippen molar-refractivity contribution in [1.82, 2.24) is 20.3 Å². The van der Waals surface area contributed by atoms with Gasteiger partial charge >= 0.3 is 0 Å². The molecule has 2 heterocycles. The minimum absolute atomic E-state index is 0.00153. The average molecular weight is 372 g/mol. The average Bonchev–Trinajstić information content (AvgIpc) is 2.78. The number of hydrogen-bond donors (Lipinski definition) is 2. The van der Waals surface area contributed by atoms with Crippen LogP contribution in [-0.2, 0) is 30.0 Å². The number of halogens is 1. The van der Waals surface area contributed by atoms with Crippen LogP contribution in [0.1, 0.15) is 11.1 Å². The Balaban J connectivity index is 1.93. The molecule has 2 N–H and O–H groups in total. The van der Waals surface area contributed by atoms with Crippen LogP contribution in [0.25, 0.3) is 0 Å². The third-order valence-electron chi connectivity index (χ3n) is 3.34. The summed E-state index contributed by atoms with van der Waals surface area (Å²) in [5.74, 6) is 0. The fourth-order valence-electron chi connectivity index (χ4n) is 2.36. The van der Waals surface area contributed by atoms with Crippen LogP contribution in [0.5, 0.6) is 0 Å². The van der Waals surface area contributed by atoms with E-state index >= 15 is 0 Å². The second-order valence-electron chi connectivity index (χ2n) is 4.82. The summed E-state index contributed by atoms with van der Waals surface area (Å²) in [7, 11) is -2.21. The van der Waals surface area contributed by atoms with Gasteiger partial charge in [-0.05, 0) is 52.2 Å². The first-order valence-electron chi connectivity index (χ1n) is 6.38. The molecule has 21 heavy (non-hydrogen) atoms. The summed E-state index contributed by atoms with van der Waals surface area (Å²) in [5.41, 5.74) is 2.90. The van der Waals surface area contributed by atoms with Crippen molar-refractivity contribution in [1.29, 1.82) is 0 Å². The Kier molecular flexibility index (Phi) is 3.72. The molecule has 7 nitrogen and oxygen atoms in total. The Bertz CT molecular complexity index is 767. The monoisotopic (exact) mass is 371 g/mol. The molecule has 0 spiro atoms. The first-order valence-corrected chi connectivity index (χ1v) is 8.65. The molecule has 1 aromatic heterocycles. The predicted octanol–water partition coefficient (Wildman–Crippen LogP) is 1.02. The van der Waals surface area contributed by atoms with Gasteiger partial charge in [0.05, 0.1) is 0 Å². The molecule has 0 radical (unpaired) electrons. The molecule has 2 aromatic rings. The highest BCUT2D eigenvalue weighted by Gasteiger charge is 2.24. The summed E-state index contributed by atoms with van der Waals surface area (Å²) < 4.78 is 28.8. The molecule has 1 aromatic carbocycles. The lowest BCUT2D eigenvalue weighted by molar-refractivity contribution is 0.578. The van der Waals surface area contributed by atoms with E-state index in [1.54, 1.807) is 6.07 Å². The lowest BCUT2D eigenvalue weighted by Crippen LogP contribution is -2.24. The van der Waals surface area contributed by atoms with E-state index in [0.29, 0.717) is 5.69 Å². The number of anilines is 1. The zero-order valence-electron chi connectivity index (χ0n) is 11.3. The van der Waals surface area contributed by atoms with Gasteiger partial charge in [-0.1, -0.05) is 11.3 Å². The Morgan fingerprint density at radius 1 is 1.38 bits per heavy atom. The number of fused-ring (bicyclic) bond motifs is 1. The summed E-state index contributed by atoms with van der Waals surface area (Å²) in [6.07, 6.45) is 0.958. The molecule has 0 amide bonds. The zero-order chi connectivity index (χ0) is 15.0. The van der Waals surface area contributed by atoms with Crippen molar-refractivity contribution < 1.29 is 8.42 Å². The Morgan fingerprint density at radius 2 is 2.19 bits per heavy atom.